The Morgan fingerprint density at radius 2 is 2.23 bits per heavy atom. The van der Waals surface area contributed by atoms with Gasteiger partial charge in [0.2, 0.25) is 0 Å². The van der Waals surface area contributed by atoms with Crippen LogP contribution in [0.2, 0.25) is 0 Å². The predicted molar refractivity (Wildman–Crippen MR) is 47.2 cm³/mol. The molecular formula is C9H7FN2O. The molecule has 1 heterocycles. The molecular weight excluding hydrogens is 171 g/mol. The average molecular weight is 178 g/mol. The van der Waals surface area contributed by atoms with E-state index in [-0.39, 0.29) is 5.84 Å². The lowest BCUT2D eigenvalue weighted by molar-refractivity contribution is -0.102. The van der Waals surface area contributed by atoms with E-state index in [0.29, 0.717) is 23.6 Å². The van der Waals surface area contributed by atoms with Crippen LogP contribution in [-0.2, 0) is 11.3 Å². The topological polar surface area (TPSA) is 32.7 Å². The molecule has 0 aliphatic carbocycles. The van der Waals surface area contributed by atoms with E-state index >= 15 is 0 Å². The fraction of sp³-hybridized carbons (Fsp3) is 0.111. The molecule has 0 atom stereocenters. The number of hydrogen-bond acceptors (Lipinski definition) is 3. The maximum absolute atomic E-state index is 13.3. The molecule has 1 aliphatic rings. The number of benzene rings is 1. The molecule has 0 amide bonds. The molecule has 66 valence electrons. The second kappa shape index (κ2) is 2.97. The van der Waals surface area contributed by atoms with Gasteiger partial charge in [-0.1, -0.05) is 22.7 Å². The standard InChI is InChI=1S/C9H7FN2O/c10-12-8-4-2-1-3-7(8)5-11-9(12)6-13/h1-4,6H,5H2. The summed E-state index contributed by atoms with van der Waals surface area (Å²) in [4.78, 5) is 14.1. The van der Waals surface area contributed by atoms with Crippen LogP contribution in [0.3, 0.4) is 0 Å². The second-order valence-corrected chi connectivity index (χ2v) is 2.70. The summed E-state index contributed by atoms with van der Waals surface area (Å²) in [5, 5.41) is 0.311. The number of nitrogens with zero attached hydrogens (tertiary/aromatic N) is 2. The Bertz CT molecular complexity index is 376. The third kappa shape index (κ3) is 1.20. The van der Waals surface area contributed by atoms with Crippen LogP contribution < -0.4 is 5.12 Å². The highest BCUT2D eigenvalue weighted by molar-refractivity contribution is 6.33. The third-order valence-electron chi connectivity index (χ3n) is 1.92. The van der Waals surface area contributed by atoms with Gasteiger partial charge in [-0.05, 0) is 6.07 Å². The first-order chi connectivity index (χ1) is 6.33. The van der Waals surface area contributed by atoms with E-state index in [1.807, 2.05) is 6.07 Å². The number of anilines is 1. The molecule has 4 heteroatoms. The van der Waals surface area contributed by atoms with Crippen molar-refractivity contribution in [1.29, 1.82) is 0 Å². The van der Waals surface area contributed by atoms with Gasteiger partial charge >= 0.3 is 0 Å². The minimum absolute atomic E-state index is 0.168. The first-order valence-electron chi connectivity index (χ1n) is 3.86. The SMILES string of the molecule is O=CC1=NCc2ccccc2N1F. The summed E-state index contributed by atoms with van der Waals surface area (Å²) >= 11 is 0. The van der Waals surface area contributed by atoms with E-state index in [0.717, 1.165) is 5.56 Å². The van der Waals surface area contributed by atoms with Crippen molar-refractivity contribution >= 4 is 17.8 Å². The lowest BCUT2D eigenvalue weighted by Gasteiger charge is -2.19. The zero-order valence-electron chi connectivity index (χ0n) is 6.77. The molecule has 0 bridgehead atoms. The number of rotatable bonds is 1. The van der Waals surface area contributed by atoms with Gasteiger partial charge in [0.15, 0.2) is 12.1 Å². The number of amidine groups is 1. The Balaban J connectivity index is 2.46. The Kier molecular flexibility index (Phi) is 1.81. The fourth-order valence-corrected chi connectivity index (χ4v) is 1.27. The lowest BCUT2D eigenvalue weighted by atomic mass is 10.1. The highest BCUT2D eigenvalue weighted by Crippen LogP contribution is 2.25. The van der Waals surface area contributed by atoms with E-state index < -0.39 is 0 Å². The summed E-state index contributed by atoms with van der Waals surface area (Å²) < 4.78 is 13.3. The molecule has 3 nitrogen and oxygen atoms in total. The van der Waals surface area contributed by atoms with Gasteiger partial charge < -0.3 is 0 Å². The van der Waals surface area contributed by atoms with Crippen LogP contribution in [0.1, 0.15) is 5.56 Å². The monoisotopic (exact) mass is 178 g/mol. The minimum atomic E-state index is -0.168. The van der Waals surface area contributed by atoms with E-state index in [4.69, 9.17) is 0 Å². The first-order valence-corrected chi connectivity index (χ1v) is 3.86. The summed E-state index contributed by atoms with van der Waals surface area (Å²) in [5.74, 6) is -0.168. The first kappa shape index (κ1) is 7.91. The van der Waals surface area contributed by atoms with Crippen LogP contribution in [0.15, 0.2) is 29.3 Å². The Hall–Kier alpha value is -1.71. The molecule has 1 aromatic carbocycles. The average Bonchev–Trinajstić information content (AvgIpc) is 2.19. The van der Waals surface area contributed by atoms with Gasteiger partial charge in [0.25, 0.3) is 0 Å². The van der Waals surface area contributed by atoms with Crippen molar-refractivity contribution in [2.45, 2.75) is 6.54 Å². The van der Waals surface area contributed by atoms with Crippen molar-refractivity contribution in [3.05, 3.63) is 29.8 Å². The highest BCUT2D eigenvalue weighted by atomic mass is 19.2. The van der Waals surface area contributed by atoms with Crippen LogP contribution in [0, 0.1) is 0 Å². The molecule has 0 saturated heterocycles. The van der Waals surface area contributed by atoms with Crippen molar-refractivity contribution in [3.63, 3.8) is 0 Å². The molecule has 0 radical (unpaired) electrons. The Labute approximate surface area is 74.4 Å². The van der Waals surface area contributed by atoms with Gasteiger partial charge in [0.1, 0.15) is 0 Å². The van der Waals surface area contributed by atoms with Gasteiger partial charge in [0.05, 0.1) is 12.2 Å². The smallest absolute Gasteiger partial charge is 0.199 e. The number of hydrogen-bond donors (Lipinski definition) is 0. The number of carbonyl (C=O) groups excluding carboxylic acids is 1. The summed E-state index contributed by atoms with van der Waals surface area (Å²) in [7, 11) is 0. The number of halogens is 1. The van der Waals surface area contributed by atoms with Crippen LogP contribution in [-0.4, -0.2) is 12.1 Å². The molecule has 1 aromatic rings. The van der Waals surface area contributed by atoms with Crippen LogP contribution in [0.25, 0.3) is 0 Å². The molecule has 1 aliphatic heterocycles. The van der Waals surface area contributed by atoms with E-state index in [9.17, 15) is 9.28 Å². The van der Waals surface area contributed by atoms with Gasteiger partial charge in [-0.15, -0.1) is 0 Å². The Morgan fingerprint density at radius 3 is 3.00 bits per heavy atom. The van der Waals surface area contributed by atoms with Crippen molar-refractivity contribution in [2.75, 3.05) is 5.12 Å². The number of aldehydes is 1. The van der Waals surface area contributed by atoms with Crippen molar-refractivity contribution in [3.8, 4) is 0 Å². The van der Waals surface area contributed by atoms with Crippen LogP contribution >= 0.6 is 0 Å². The third-order valence-corrected chi connectivity index (χ3v) is 1.92. The molecule has 2 rings (SSSR count). The number of carbonyl (C=O) groups is 1. The lowest BCUT2D eigenvalue weighted by Crippen LogP contribution is -2.27. The largest absolute Gasteiger partial charge is 0.294 e. The van der Waals surface area contributed by atoms with E-state index in [1.165, 1.54) is 0 Å². The Morgan fingerprint density at radius 1 is 1.46 bits per heavy atom. The molecule has 0 N–H and O–H groups in total. The second-order valence-electron chi connectivity index (χ2n) is 2.70. The molecule has 0 unspecified atom stereocenters. The number of aliphatic imine (C=N–C) groups is 1. The molecule has 0 fully saturated rings. The predicted octanol–water partition coefficient (Wildman–Crippen LogP) is 1.49. The maximum atomic E-state index is 13.3. The molecule has 13 heavy (non-hydrogen) atoms. The van der Waals surface area contributed by atoms with Gasteiger partial charge in [-0.3, -0.25) is 9.79 Å². The van der Waals surface area contributed by atoms with Gasteiger partial charge in [-0.2, -0.15) is 5.12 Å². The van der Waals surface area contributed by atoms with Crippen molar-refractivity contribution < 1.29 is 9.28 Å². The minimum Gasteiger partial charge on any atom is -0.294 e. The van der Waals surface area contributed by atoms with Crippen molar-refractivity contribution in [2.24, 2.45) is 4.99 Å². The normalized spacial score (nSPS) is 14.8. The zero-order valence-corrected chi connectivity index (χ0v) is 6.77. The molecule has 0 saturated carbocycles. The fourth-order valence-electron chi connectivity index (χ4n) is 1.27. The maximum Gasteiger partial charge on any atom is 0.199 e. The van der Waals surface area contributed by atoms with Crippen molar-refractivity contribution in [1.82, 2.24) is 0 Å². The molecule has 0 spiro atoms. The summed E-state index contributed by atoms with van der Waals surface area (Å²) in [6, 6.07) is 6.94. The highest BCUT2D eigenvalue weighted by Gasteiger charge is 2.19. The molecule has 0 aromatic heterocycles. The van der Waals surface area contributed by atoms with E-state index in [1.54, 1.807) is 18.2 Å². The number of fused-ring (bicyclic) bond motifs is 1. The summed E-state index contributed by atoms with van der Waals surface area (Å²) in [6.07, 6.45) is 0.413. The van der Waals surface area contributed by atoms with E-state index in [2.05, 4.69) is 4.99 Å². The van der Waals surface area contributed by atoms with Gasteiger partial charge in [-0.25, -0.2) is 0 Å². The number of para-hydroxylation sites is 1. The quantitative estimate of drug-likeness (QED) is 0.482. The zero-order chi connectivity index (χ0) is 9.26. The van der Waals surface area contributed by atoms with Crippen LogP contribution in [0.4, 0.5) is 10.2 Å². The van der Waals surface area contributed by atoms with Gasteiger partial charge in [0, 0.05) is 5.56 Å². The van der Waals surface area contributed by atoms with Crippen LogP contribution in [0.5, 0.6) is 0 Å². The summed E-state index contributed by atoms with van der Waals surface area (Å²) in [6.45, 7) is 0.366. The summed E-state index contributed by atoms with van der Waals surface area (Å²) in [5.41, 5.74) is 1.19.